The van der Waals surface area contributed by atoms with Crippen molar-refractivity contribution < 1.29 is 9.47 Å². The molecule has 0 saturated carbocycles. The van der Waals surface area contributed by atoms with Crippen LogP contribution >= 0.6 is 12.6 Å². The summed E-state index contributed by atoms with van der Waals surface area (Å²) in [5.41, 5.74) is 0. The zero-order valence-corrected chi connectivity index (χ0v) is 13.3. The summed E-state index contributed by atoms with van der Waals surface area (Å²) in [5, 5.41) is 0. The highest BCUT2D eigenvalue weighted by molar-refractivity contribution is 7.80. The van der Waals surface area contributed by atoms with Crippen molar-refractivity contribution >= 4 is 12.6 Å². The molecule has 3 heteroatoms. The normalized spacial score (nSPS) is 11.9. The summed E-state index contributed by atoms with van der Waals surface area (Å²) in [5.74, 6) is 4.13. The topological polar surface area (TPSA) is 18.5 Å². The van der Waals surface area contributed by atoms with Crippen molar-refractivity contribution in [1.82, 2.24) is 0 Å². The van der Waals surface area contributed by atoms with Crippen molar-refractivity contribution in [1.29, 1.82) is 0 Å². The Morgan fingerprint density at radius 2 is 1.48 bits per heavy atom. The van der Waals surface area contributed by atoms with E-state index in [0.29, 0.717) is 5.92 Å². The molecule has 0 bridgehead atoms. The second-order valence-corrected chi connectivity index (χ2v) is 5.59. The second kappa shape index (κ2) is 8.63. The van der Waals surface area contributed by atoms with Crippen LogP contribution in [0.1, 0.15) is 19.8 Å². The smallest absolute Gasteiger partial charge is 0.127 e. The third-order valence-corrected chi connectivity index (χ3v) is 3.56. The zero-order chi connectivity index (χ0) is 14.9. The molecule has 0 N–H and O–H groups in total. The molecule has 0 aliphatic heterocycles. The third kappa shape index (κ3) is 5.72. The predicted octanol–water partition coefficient (Wildman–Crippen LogP) is 5.20. The highest BCUT2D eigenvalue weighted by Crippen LogP contribution is 2.23. The molecule has 112 valence electrons. The average molecular weight is 302 g/mol. The first-order chi connectivity index (χ1) is 10.3. The SMILES string of the molecule is CC(CCS)CCOc1ccc(Oc2ccccc2)cc1. The molecule has 2 aromatic carbocycles. The summed E-state index contributed by atoms with van der Waals surface area (Å²) in [6, 6.07) is 17.5. The van der Waals surface area contributed by atoms with E-state index in [1.54, 1.807) is 0 Å². The van der Waals surface area contributed by atoms with Gasteiger partial charge in [0, 0.05) is 0 Å². The largest absolute Gasteiger partial charge is 0.494 e. The van der Waals surface area contributed by atoms with Gasteiger partial charge in [-0.05, 0) is 60.9 Å². The Bertz CT molecular complexity index is 511. The lowest BCUT2D eigenvalue weighted by atomic mass is 10.1. The highest BCUT2D eigenvalue weighted by atomic mass is 32.1. The first-order valence-corrected chi connectivity index (χ1v) is 7.98. The predicted molar refractivity (Wildman–Crippen MR) is 90.7 cm³/mol. The second-order valence-electron chi connectivity index (χ2n) is 5.14. The van der Waals surface area contributed by atoms with E-state index in [1.165, 1.54) is 0 Å². The first kappa shape index (κ1) is 15.8. The Kier molecular flexibility index (Phi) is 6.48. The van der Waals surface area contributed by atoms with Crippen molar-refractivity contribution in [3.8, 4) is 17.2 Å². The van der Waals surface area contributed by atoms with Gasteiger partial charge in [-0.2, -0.15) is 12.6 Å². The van der Waals surface area contributed by atoms with Gasteiger partial charge in [-0.1, -0.05) is 25.1 Å². The lowest BCUT2D eigenvalue weighted by molar-refractivity contribution is 0.282. The molecule has 0 saturated heterocycles. The molecular formula is C18H22O2S. The van der Waals surface area contributed by atoms with Crippen LogP contribution in [0.15, 0.2) is 54.6 Å². The Balaban J connectivity index is 1.79. The summed E-state index contributed by atoms with van der Waals surface area (Å²) in [7, 11) is 0. The molecular weight excluding hydrogens is 280 g/mol. The molecule has 1 atom stereocenters. The fourth-order valence-corrected chi connectivity index (χ4v) is 2.41. The number of benzene rings is 2. The minimum atomic E-state index is 0.656. The lowest BCUT2D eigenvalue weighted by Gasteiger charge is -2.11. The summed E-state index contributed by atoms with van der Waals surface area (Å²) in [6.45, 7) is 2.98. The average Bonchev–Trinajstić information content (AvgIpc) is 2.50. The molecule has 2 nitrogen and oxygen atoms in total. The van der Waals surface area contributed by atoms with Gasteiger partial charge in [0.2, 0.25) is 0 Å². The number of ether oxygens (including phenoxy) is 2. The molecule has 0 aromatic heterocycles. The minimum Gasteiger partial charge on any atom is -0.494 e. The molecule has 0 fully saturated rings. The maximum atomic E-state index is 5.75. The van der Waals surface area contributed by atoms with E-state index >= 15 is 0 Å². The van der Waals surface area contributed by atoms with Crippen molar-refractivity contribution in [3.05, 3.63) is 54.6 Å². The van der Waals surface area contributed by atoms with Gasteiger partial charge in [-0.15, -0.1) is 0 Å². The molecule has 0 spiro atoms. The van der Waals surface area contributed by atoms with Gasteiger partial charge in [0.05, 0.1) is 6.61 Å². The number of hydrogen-bond donors (Lipinski definition) is 1. The molecule has 2 aromatic rings. The van der Waals surface area contributed by atoms with Crippen LogP contribution in [0.4, 0.5) is 0 Å². The van der Waals surface area contributed by atoms with Crippen LogP contribution < -0.4 is 9.47 Å². The Labute approximate surface area is 132 Å². The van der Waals surface area contributed by atoms with Crippen LogP contribution in [0, 0.1) is 5.92 Å². The van der Waals surface area contributed by atoms with Gasteiger partial charge in [0.25, 0.3) is 0 Å². The van der Waals surface area contributed by atoms with Crippen LogP contribution in [0.2, 0.25) is 0 Å². The standard InChI is InChI=1S/C18H22O2S/c1-15(12-14-21)11-13-19-16-7-9-18(10-8-16)20-17-5-3-2-4-6-17/h2-10,15,21H,11-14H2,1H3. The van der Waals surface area contributed by atoms with E-state index in [9.17, 15) is 0 Å². The van der Waals surface area contributed by atoms with E-state index in [1.807, 2.05) is 54.6 Å². The van der Waals surface area contributed by atoms with Gasteiger partial charge < -0.3 is 9.47 Å². The van der Waals surface area contributed by atoms with Crippen LogP contribution in [-0.4, -0.2) is 12.4 Å². The molecule has 0 aliphatic rings. The molecule has 0 amide bonds. The molecule has 2 rings (SSSR count). The summed E-state index contributed by atoms with van der Waals surface area (Å²) >= 11 is 4.25. The minimum absolute atomic E-state index is 0.656. The summed E-state index contributed by atoms with van der Waals surface area (Å²) in [6.07, 6.45) is 2.19. The van der Waals surface area contributed by atoms with E-state index < -0.39 is 0 Å². The fraction of sp³-hybridized carbons (Fsp3) is 0.333. The van der Waals surface area contributed by atoms with Crippen molar-refractivity contribution in [3.63, 3.8) is 0 Å². The van der Waals surface area contributed by atoms with Crippen LogP contribution in [-0.2, 0) is 0 Å². The Hall–Kier alpha value is -1.61. The maximum Gasteiger partial charge on any atom is 0.127 e. The van der Waals surface area contributed by atoms with E-state index in [2.05, 4.69) is 19.6 Å². The van der Waals surface area contributed by atoms with Gasteiger partial charge in [0.15, 0.2) is 0 Å². The van der Waals surface area contributed by atoms with Gasteiger partial charge in [-0.3, -0.25) is 0 Å². The number of rotatable bonds is 8. The van der Waals surface area contributed by atoms with Crippen molar-refractivity contribution in [2.45, 2.75) is 19.8 Å². The molecule has 21 heavy (non-hydrogen) atoms. The van der Waals surface area contributed by atoms with E-state index in [-0.39, 0.29) is 0 Å². The maximum absolute atomic E-state index is 5.75. The van der Waals surface area contributed by atoms with Crippen LogP contribution in [0.3, 0.4) is 0 Å². The lowest BCUT2D eigenvalue weighted by Crippen LogP contribution is -2.04. The molecule has 1 unspecified atom stereocenters. The van der Waals surface area contributed by atoms with Crippen LogP contribution in [0.5, 0.6) is 17.2 Å². The number of para-hydroxylation sites is 1. The van der Waals surface area contributed by atoms with Crippen molar-refractivity contribution in [2.24, 2.45) is 5.92 Å². The molecule has 0 heterocycles. The summed E-state index contributed by atoms with van der Waals surface area (Å²) in [4.78, 5) is 0. The number of hydrogen-bond acceptors (Lipinski definition) is 3. The fourth-order valence-electron chi connectivity index (χ4n) is 1.97. The van der Waals surface area contributed by atoms with Gasteiger partial charge in [0.1, 0.15) is 17.2 Å². The Morgan fingerprint density at radius 1 is 0.857 bits per heavy atom. The highest BCUT2D eigenvalue weighted by Gasteiger charge is 2.02. The van der Waals surface area contributed by atoms with Gasteiger partial charge in [-0.25, -0.2) is 0 Å². The van der Waals surface area contributed by atoms with E-state index in [4.69, 9.17) is 9.47 Å². The number of thiol groups is 1. The van der Waals surface area contributed by atoms with Crippen molar-refractivity contribution in [2.75, 3.05) is 12.4 Å². The zero-order valence-electron chi connectivity index (χ0n) is 12.4. The van der Waals surface area contributed by atoms with E-state index in [0.717, 1.165) is 42.4 Å². The molecule has 0 radical (unpaired) electrons. The first-order valence-electron chi connectivity index (χ1n) is 7.34. The van der Waals surface area contributed by atoms with Crippen LogP contribution in [0.25, 0.3) is 0 Å². The molecule has 0 aliphatic carbocycles. The van der Waals surface area contributed by atoms with Gasteiger partial charge >= 0.3 is 0 Å². The monoisotopic (exact) mass is 302 g/mol. The quantitative estimate of drug-likeness (QED) is 0.675. The summed E-state index contributed by atoms with van der Waals surface area (Å²) < 4.78 is 11.5. The third-order valence-electron chi connectivity index (χ3n) is 3.30. The Morgan fingerprint density at radius 3 is 2.14 bits per heavy atom.